The van der Waals surface area contributed by atoms with Crippen molar-refractivity contribution in [1.29, 1.82) is 0 Å². The van der Waals surface area contributed by atoms with Crippen LogP contribution in [-0.4, -0.2) is 17.1 Å². The van der Waals surface area contributed by atoms with Crippen molar-refractivity contribution in [3.05, 3.63) is 84.6 Å². The molecule has 0 aliphatic heterocycles. The van der Waals surface area contributed by atoms with E-state index in [2.05, 4.69) is 4.98 Å². The Balaban J connectivity index is 2.09. The third kappa shape index (κ3) is 3.91. The van der Waals surface area contributed by atoms with Crippen molar-refractivity contribution in [2.45, 2.75) is 12.7 Å². The van der Waals surface area contributed by atoms with Crippen molar-refractivity contribution in [2.24, 2.45) is 0 Å². The maximum Gasteiger partial charge on any atom is 0.471 e. The van der Waals surface area contributed by atoms with E-state index in [1.165, 1.54) is 18.3 Å². The second-order valence-electron chi connectivity index (χ2n) is 5.61. The van der Waals surface area contributed by atoms with Crippen LogP contribution in [-0.2, 0) is 11.3 Å². The Morgan fingerprint density at radius 2 is 1.50 bits per heavy atom. The summed E-state index contributed by atoms with van der Waals surface area (Å²) in [5.74, 6) is -1.92. The molecule has 1 aromatic heterocycles. The number of rotatable bonds is 4. The normalized spacial score (nSPS) is 11.2. The van der Waals surface area contributed by atoms with Gasteiger partial charge in [0.15, 0.2) is 0 Å². The van der Waals surface area contributed by atoms with E-state index in [1.807, 2.05) is 0 Å². The van der Waals surface area contributed by atoms with Crippen LogP contribution in [0.5, 0.6) is 0 Å². The van der Waals surface area contributed by atoms with Crippen LogP contribution in [0.2, 0.25) is 0 Å². The number of amides is 1. The number of carbonyl (C=O) groups excluding carboxylic acids is 1. The first kappa shape index (κ1) is 17.7. The van der Waals surface area contributed by atoms with Crippen LogP contribution in [0.25, 0.3) is 11.3 Å². The van der Waals surface area contributed by atoms with E-state index >= 15 is 0 Å². The van der Waals surface area contributed by atoms with Crippen LogP contribution in [0.15, 0.2) is 79.0 Å². The highest BCUT2D eigenvalue weighted by Crippen LogP contribution is 2.32. The summed E-state index contributed by atoms with van der Waals surface area (Å²) in [6.07, 6.45) is -3.50. The molecule has 3 aromatic rings. The van der Waals surface area contributed by atoms with Crippen LogP contribution in [0.4, 0.5) is 18.9 Å². The monoisotopic (exact) mass is 356 g/mol. The number of halogens is 3. The predicted octanol–water partition coefficient (Wildman–Crippen LogP) is 4.84. The lowest BCUT2D eigenvalue weighted by molar-refractivity contribution is -0.170. The van der Waals surface area contributed by atoms with Gasteiger partial charge in [-0.05, 0) is 17.7 Å². The van der Waals surface area contributed by atoms with E-state index in [1.54, 1.807) is 60.7 Å². The lowest BCUT2D eigenvalue weighted by Crippen LogP contribution is -2.41. The number of hydrogen-bond donors (Lipinski definition) is 0. The molecule has 0 saturated carbocycles. The molecule has 2 aromatic carbocycles. The molecule has 0 saturated heterocycles. The Kier molecular flexibility index (Phi) is 5.02. The Morgan fingerprint density at radius 3 is 2.12 bits per heavy atom. The molecule has 0 N–H and O–H groups in total. The first-order valence-electron chi connectivity index (χ1n) is 7.90. The Hall–Kier alpha value is -3.15. The van der Waals surface area contributed by atoms with Crippen LogP contribution >= 0.6 is 0 Å². The summed E-state index contributed by atoms with van der Waals surface area (Å²) >= 11 is 0. The van der Waals surface area contributed by atoms with Crippen molar-refractivity contribution in [3.63, 3.8) is 0 Å². The average molecular weight is 356 g/mol. The summed E-state index contributed by atoms with van der Waals surface area (Å²) in [7, 11) is 0. The molecular formula is C20H15F3N2O. The Labute approximate surface area is 148 Å². The van der Waals surface area contributed by atoms with Gasteiger partial charge >= 0.3 is 12.1 Å². The number of alkyl halides is 3. The number of pyridine rings is 1. The second kappa shape index (κ2) is 7.39. The smallest absolute Gasteiger partial charge is 0.298 e. The molecule has 0 fully saturated rings. The maximum absolute atomic E-state index is 13.2. The largest absolute Gasteiger partial charge is 0.471 e. The summed E-state index contributed by atoms with van der Waals surface area (Å²) in [5, 5.41) is 0. The molecule has 1 heterocycles. The molecule has 1 amide bonds. The highest BCUT2D eigenvalue weighted by Gasteiger charge is 2.43. The molecule has 0 bridgehead atoms. The van der Waals surface area contributed by atoms with Gasteiger partial charge in [0.25, 0.3) is 0 Å². The van der Waals surface area contributed by atoms with Gasteiger partial charge < -0.3 is 0 Å². The lowest BCUT2D eigenvalue weighted by Gasteiger charge is -2.25. The maximum atomic E-state index is 13.2. The molecule has 26 heavy (non-hydrogen) atoms. The van der Waals surface area contributed by atoms with Gasteiger partial charge in [0.1, 0.15) is 0 Å². The van der Waals surface area contributed by atoms with Crippen LogP contribution in [0.1, 0.15) is 5.56 Å². The second-order valence-corrected chi connectivity index (χ2v) is 5.61. The number of nitrogens with zero attached hydrogens (tertiary/aromatic N) is 2. The minimum Gasteiger partial charge on any atom is -0.298 e. The molecule has 132 valence electrons. The molecule has 6 heteroatoms. The van der Waals surface area contributed by atoms with Crippen molar-refractivity contribution < 1.29 is 18.0 Å². The van der Waals surface area contributed by atoms with Gasteiger partial charge in [0, 0.05) is 11.8 Å². The standard InChI is InChI=1S/C20H15F3N2O/c21-20(22,23)19(26)25(14-15-8-3-1-4-9-15)17-12-7-13-24-18(17)16-10-5-2-6-11-16/h1-13H,14H2. The van der Waals surface area contributed by atoms with Crippen LogP contribution in [0, 0.1) is 0 Å². The number of aromatic nitrogens is 1. The van der Waals surface area contributed by atoms with Crippen molar-refractivity contribution >= 4 is 11.6 Å². The summed E-state index contributed by atoms with van der Waals surface area (Å²) in [6, 6.07) is 20.3. The van der Waals surface area contributed by atoms with Crippen molar-refractivity contribution in [2.75, 3.05) is 4.90 Å². The van der Waals surface area contributed by atoms with E-state index in [0.29, 0.717) is 16.8 Å². The molecule has 0 aliphatic rings. The van der Waals surface area contributed by atoms with Gasteiger partial charge in [0.2, 0.25) is 0 Å². The molecule has 0 aliphatic carbocycles. The highest BCUT2D eigenvalue weighted by atomic mass is 19.4. The molecular weight excluding hydrogens is 341 g/mol. The van der Waals surface area contributed by atoms with Gasteiger partial charge in [0.05, 0.1) is 17.9 Å². The molecule has 3 rings (SSSR count). The number of hydrogen-bond acceptors (Lipinski definition) is 2. The highest BCUT2D eigenvalue weighted by molar-refractivity contribution is 6.00. The first-order chi connectivity index (χ1) is 12.5. The zero-order chi connectivity index (χ0) is 18.6. The van der Waals surface area contributed by atoms with Crippen LogP contribution in [0.3, 0.4) is 0 Å². The Bertz CT molecular complexity index is 880. The summed E-state index contributed by atoms with van der Waals surface area (Å²) in [5.41, 5.74) is 1.66. The quantitative estimate of drug-likeness (QED) is 0.670. The Morgan fingerprint density at radius 1 is 0.885 bits per heavy atom. The number of anilines is 1. The average Bonchev–Trinajstić information content (AvgIpc) is 2.66. The molecule has 0 radical (unpaired) electrons. The van der Waals surface area contributed by atoms with Crippen LogP contribution < -0.4 is 4.90 Å². The molecule has 0 spiro atoms. The van der Waals surface area contributed by atoms with E-state index in [9.17, 15) is 18.0 Å². The number of carbonyl (C=O) groups is 1. The zero-order valence-corrected chi connectivity index (χ0v) is 13.6. The minimum atomic E-state index is -4.99. The fourth-order valence-electron chi connectivity index (χ4n) is 2.62. The molecule has 0 atom stereocenters. The minimum absolute atomic E-state index is 0.116. The van der Waals surface area contributed by atoms with E-state index < -0.39 is 12.1 Å². The van der Waals surface area contributed by atoms with Crippen molar-refractivity contribution in [3.8, 4) is 11.3 Å². The zero-order valence-electron chi connectivity index (χ0n) is 13.6. The van der Waals surface area contributed by atoms with E-state index in [-0.39, 0.29) is 12.2 Å². The summed E-state index contributed by atoms with van der Waals surface area (Å²) in [4.78, 5) is 17.1. The fraction of sp³-hybridized carbons (Fsp3) is 0.100. The first-order valence-corrected chi connectivity index (χ1v) is 7.90. The van der Waals surface area contributed by atoms with Gasteiger partial charge in [-0.15, -0.1) is 0 Å². The summed E-state index contributed by atoms with van der Waals surface area (Å²) < 4.78 is 39.6. The van der Waals surface area contributed by atoms with E-state index in [4.69, 9.17) is 0 Å². The molecule has 0 unspecified atom stereocenters. The summed E-state index contributed by atoms with van der Waals surface area (Å²) in [6.45, 7) is -0.204. The van der Waals surface area contributed by atoms with Gasteiger partial charge in [-0.3, -0.25) is 14.7 Å². The van der Waals surface area contributed by atoms with Crippen molar-refractivity contribution in [1.82, 2.24) is 4.98 Å². The third-order valence-corrected chi connectivity index (χ3v) is 3.80. The topological polar surface area (TPSA) is 33.2 Å². The predicted molar refractivity (Wildman–Crippen MR) is 93.4 cm³/mol. The SMILES string of the molecule is O=C(N(Cc1ccccc1)c1cccnc1-c1ccccc1)C(F)(F)F. The lowest BCUT2D eigenvalue weighted by atomic mass is 10.1. The fourth-order valence-corrected chi connectivity index (χ4v) is 2.62. The van der Waals surface area contributed by atoms with E-state index in [0.717, 1.165) is 4.90 Å². The molecule has 3 nitrogen and oxygen atoms in total. The van der Waals surface area contributed by atoms with Gasteiger partial charge in [-0.2, -0.15) is 13.2 Å². The number of benzene rings is 2. The third-order valence-electron chi connectivity index (χ3n) is 3.80. The van der Waals surface area contributed by atoms with Gasteiger partial charge in [-0.1, -0.05) is 60.7 Å². The van der Waals surface area contributed by atoms with Gasteiger partial charge in [-0.25, -0.2) is 0 Å².